The molecule has 0 saturated heterocycles. The van der Waals surface area contributed by atoms with E-state index in [4.69, 9.17) is 23.2 Å². The summed E-state index contributed by atoms with van der Waals surface area (Å²) in [5.74, 6) is 2.57. The third kappa shape index (κ3) is 6.51. The van der Waals surface area contributed by atoms with Crippen LogP contribution >= 0.6 is 30.5 Å². The van der Waals surface area contributed by atoms with Gasteiger partial charge in [0.1, 0.15) is 0 Å². The van der Waals surface area contributed by atoms with Gasteiger partial charge in [-0.3, -0.25) is 4.57 Å². The first-order chi connectivity index (χ1) is 14.7. The first-order valence-electron chi connectivity index (χ1n) is 9.09. The van der Waals surface area contributed by atoms with E-state index in [1.165, 1.54) is 23.8 Å². The van der Waals surface area contributed by atoms with Gasteiger partial charge in [-0.25, -0.2) is 0 Å². The van der Waals surface area contributed by atoms with Crippen molar-refractivity contribution >= 4 is 46.2 Å². The maximum absolute atomic E-state index is 13.8. The average molecular weight is 482 g/mol. The van der Waals surface area contributed by atoms with E-state index in [0.717, 1.165) is 12.1 Å². The van der Waals surface area contributed by atoms with Crippen molar-refractivity contribution in [3.63, 3.8) is 0 Å². The summed E-state index contributed by atoms with van der Waals surface area (Å²) in [5.41, 5.74) is 0.389. The molecule has 8 heteroatoms. The van der Waals surface area contributed by atoms with Crippen LogP contribution in [-0.2, 0) is 10.7 Å². The van der Waals surface area contributed by atoms with Crippen molar-refractivity contribution in [2.45, 2.75) is 6.18 Å². The van der Waals surface area contributed by atoms with Crippen LogP contribution in [0.5, 0.6) is 0 Å². The number of alkyl halides is 3. The molecule has 0 saturated carbocycles. The standard InChI is InChI=1S/C23H17Cl2F3NOP/c24-21(17-8-3-1-4-9-17)15-31(30,16-22(25)18-10-5-2-6-11-18)29-20-13-7-12-19(14-20)23(26,27)28/h1-16H,(H,29,30). The molecule has 3 aromatic carbocycles. The van der Waals surface area contributed by atoms with Gasteiger partial charge in [0.25, 0.3) is 0 Å². The minimum atomic E-state index is -4.53. The quantitative estimate of drug-likeness (QED) is 0.356. The van der Waals surface area contributed by atoms with Gasteiger partial charge in [-0.05, 0) is 29.3 Å². The molecule has 1 N–H and O–H groups in total. The summed E-state index contributed by atoms with van der Waals surface area (Å²) in [6, 6.07) is 22.1. The molecule has 0 unspecified atom stereocenters. The van der Waals surface area contributed by atoms with E-state index in [-0.39, 0.29) is 15.8 Å². The predicted molar refractivity (Wildman–Crippen MR) is 123 cm³/mol. The second kappa shape index (κ2) is 9.78. The summed E-state index contributed by atoms with van der Waals surface area (Å²) < 4.78 is 53.1. The number of rotatable bonds is 6. The lowest BCUT2D eigenvalue weighted by Gasteiger charge is -2.17. The molecule has 0 radical (unpaired) electrons. The summed E-state index contributed by atoms with van der Waals surface area (Å²) >= 11 is 12.8. The fourth-order valence-corrected chi connectivity index (χ4v) is 5.59. The van der Waals surface area contributed by atoms with E-state index in [1.807, 2.05) is 0 Å². The molecule has 0 fully saturated rings. The van der Waals surface area contributed by atoms with E-state index >= 15 is 0 Å². The van der Waals surface area contributed by atoms with Crippen LogP contribution in [0.4, 0.5) is 18.9 Å². The number of benzene rings is 3. The van der Waals surface area contributed by atoms with Crippen molar-refractivity contribution in [1.82, 2.24) is 0 Å². The minimum absolute atomic E-state index is 0.0284. The second-order valence-electron chi connectivity index (χ2n) is 6.59. The first-order valence-corrected chi connectivity index (χ1v) is 11.7. The smallest absolute Gasteiger partial charge is 0.330 e. The van der Waals surface area contributed by atoms with E-state index in [2.05, 4.69) is 5.09 Å². The van der Waals surface area contributed by atoms with Gasteiger partial charge in [0.2, 0.25) is 7.29 Å². The largest absolute Gasteiger partial charge is 0.416 e. The molecule has 31 heavy (non-hydrogen) atoms. The molecule has 0 aromatic heterocycles. The molecule has 2 nitrogen and oxygen atoms in total. The number of anilines is 1. The molecular weight excluding hydrogens is 465 g/mol. The van der Waals surface area contributed by atoms with E-state index in [1.54, 1.807) is 60.7 Å². The van der Waals surface area contributed by atoms with Gasteiger partial charge in [-0.1, -0.05) is 89.9 Å². The van der Waals surface area contributed by atoms with Gasteiger partial charge in [-0.2, -0.15) is 13.2 Å². The molecule has 0 aliphatic heterocycles. The molecule has 3 rings (SSSR count). The monoisotopic (exact) mass is 481 g/mol. The molecule has 0 bridgehead atoms. The zero-order valence-electron chi connectivity index (χ0n) is 16.0. The SMILES string of the molecule is O=P(C=C(Cl)c1ccccc1)(C=C(Cl)c1ccccc1)Nc1cccc(C(F)(F)F)c1. The van der Waals surface area contributed by atoms with Crippen LogP contribution in [0.1, 0.15) is 16.7 Å². The number of halogens is 5. The second-order valence-corrected chi connectivity index (χ2v) is 9.56. The first kappa shape index (κ1) is 23.2. The Morgan fingerprint density at radius 2 is 1.26 bits per heavy atom. The lowest BCUT2D eigenvalue weighted by Crippen LogP contribution is -2.05. The van der Waals surface area contributed by atoms with Crippen molar-refractivity contribution in [2.24, 2.45) is 0 Å². The van der Waals surface area contributed by atoms with E-state index in [0.29, 0.717) is 11.1 Å². The highest BCUT2D eigenvalue weighted by molar-refractivity contribution is 7.72. The average Bonchev–Trinajstić information content (AvgIpc) is 2.74. The van der Waals surface area contributed by atoms with Crippen molar-refractivity contribution in [3.05, 3.63) is 113 Å². The van der Waals surface area contributed by atoms with Crippen LogP contribution in [0.15, 0.2) is 96.6 Å². The molecule has 160 valence electrons. The van der Waals surface area contributed by atoms with Gasteiger partial charge in [-0.15, -0.1) is 0 Å². The van der Waals surface area contributed by atoms with E-state index in [9.17, 15) is 17.7 Å². The number of hydrogen-bond donors (Lipinski definition) is 1. The molecule has 0 aliphatic carbocycles. The van der Waals surface area contributed by atoms with Crippen molar-refractivity contribution in [3.8, 4) is 0 Å². The lowest BCUT2D eigenvalue weighted by molar-refractivity contribution is -0.137. The van der Waals surface area contributed by atoms with Gasteiger partial charge in [0, 0.05) is 17.3 Å². The Balaban J connectivity index is 2.05. The van der Waals surface area contributed by atoms with Gasteiger partial charge >= 0.3 is 6.18 Å². The van der Waals surface area contributed by atoms with Crippen LogP contribution in [0.2, 0.25) is 0 Å². The molecule has 0 heterocycles. The summed E-state index contributed by atoms with van der Waals surface area (Å²) in [6.07, 6.45) is -4.53. The third-order valence-corrected chi connectivity index (χ3v) is 7.05. The Morgan fingerprint density at radius 3 is 1.71 bits per heavy atom. The highest BCUT2D eigenvalue weighted by Gasteiger charge is 2.31. The van der Waals surface area contributed by atoms with Crippen LogP contribution in [0.3, 0.4) is 0 Å². The maximum atomic E-state index is 13.8. The Kier molecular flexibility index (Phi) is 7.32. The summed E-state index contributed by atoms with van der Waals surface area (Å²) in [6.45, 7) is 0. The minimum Gasteiger partial charge on any atom is -0.330 e. The van der Waals surface area contributed by atoms with Crippen molar-refractivity contribution in [2.75, 3.05) is 5.09 Å². The molecule has 0 aliphatic rings. The molecular formula is C23H17Cl2F3NOP. The third-order valence-electron chi connectivity index (χ3n) is 4.20. The zero-order chi connectivity index (χ0) is 22.5. The Morgan fingerprint density at radius 1 is 0.774 bits per heavy atom. The molecule has 0 amide bonds. The number of hydrogen-bond acceptors (Lipinski definition) is 1. The predicted octanol–water partition coefficient (Wildman–Crippen LogP) is 8.87. The normalized spacial score (nSPS) is 14.7. The molecule has 3 aromatic rings. The van der Waals surface area contributed by atoms with Gasteiger partial charge < -0.3 is 5.09 Å². The summed E-state index contributed by atoms with van der Waals surface area (Å²) in [4.78, 5) is 0. The van der Waals surface area contributed by atoms with Crippen LogP contribution in [-0.4, -0.2) is 0 Å². The van der Waals surface area contributed by atoms with Gasteiger partial charge in [0.15, 0.2) is 0 Å². The van der Waals surface area contributed by atoms with Crippen LogP contribution in [0.25, 0.3) is 10.1 Å². The highest BCUT2D eigenvalue weighted by atomic mass is 35.5. The number of nitrogens with one attached hydrogen (secondary N) is 1. The van der Waals surface area contributed by atoms with Crippen molar-refractivity contribution < 1.29 is 17.7 Å². The fraction of sp³-hybridized carbons (Fsp3) is 0.0435. The zero-order valence-corrected chi connectivity index (χ0v) is 18.4. The Labute approximate surface area is 188 Å². The van der Waals surface area contributed by atoms with Crippen LogP contribution < -0.4 is 5.09 Å². The molecule has 0 spiro atoms. The lowest BCUT2D eigenvalue weighted by atomic mass is 10.2. The topological polar surface area (TPSA) is 29.1 Å². The van der Waals surface area contributed by atoms with Crippen molar-refractivity contribution in [1.29, 1.82) is 0 Å². The summed E-state index contributed by atoms with van der Waals surface area (Å²) in [5, 5.41) is 3.06. The Hall–Kier alpha value is -2.46. The Bertz CT molecular complexity index is 1090. The van der Waals surface area contributed by atoms with Crippen LogP contribution in [0, 0.1) is 0 Å². The summed E-state index contributed by atoms with van der Waals surface area (Å²) in [7, 11) is -3.66. The fourth-order valence-electron chi connectivity index (χ4n) is 2.75. The van der Waals surface area contributed by atoms with Gasteiger partial charge in [0.05, 0.1) is 15.6 Å². The molecule has 0 atom stereocenters. The highest BCUT2D eigenvalue weighted by Crippen LogP contribution is 2.53. The maximum Gasteiger partial charge on any atom is 0.416 e. The van der Waals surface area contributed by atoms with E-state index < -0.39 is 19.0 Å².